The molecule has 0 saturated carbocycles. The van der Waals surface area contributed by atoms with E-state index in [0.717, 1.165) is 9.87 Å². The maximum absolute atomic E-state index is 13.6. The number of nitrogens with one attached hydrogen (secondary N) is 1. The van der Waals surface area contributed by atoms with Crippen LogP contribution in [0.2, 0.25) is 0 Å². The van der Waals surface area contributed by atoms with Crippen LogP contribution in [0.1, 0.15) is 40.2 Å². The topological polar surface area (TPSA) is 105 Å². The highest BCUT2D eigenvalue weighted by molar-refractivity contribution is 7.92. The third kappa shape index (κ3) is 6.66. The van der Waals surface area contributed by atoms with Crippen LogP contribution in [0, 0.1) is 0 Å². The largest absolute Gasteiger partial charge is 0.454 e. The second-order valence-electron chi connectivity index (χ2n) is 9.37. The Labute approximate surface area is 207 Å². The van der Waals surface area contributed by atoms with Gasteiger partial charge < -0.3 is 19.7 Å². The molecular weight excluding hydrogens is 470 g/mol. The number of anilines is 1. The predicted octanol–water partition coefficient (Wildman–Crippen LogP) is 2.90. The first kappa shape index (κ1) is 26.3. The van der Waals surface area contributed by atoms with E-state index in [2.05, 4.69) is 5.32 Å². The van der Waals surface area contributed by atoms with Gasteiger partial charge in [0.2, 0.25) is 28.6 Å². The number of hydrogen-bond donors (Lipinski definition) is 1. The highest BCUT2D eigenvalue weighted by Crippen LogP contribution is 2.36. The van der Waals surface area contributed by atoms with Crippen LogP contribution in [0.25, 0.3) is 0 Å². The summed E-state index contributed by atoms with van der Waals surface area (Å²) in [5.74, 6) is -0.111. The van der Waals surface area contributed by atoms with Crippen LogP contribution < -0.4 is 19.1 Å². The van der Waals surface area contributed by atoms with E-state index in [4.69, 9.17) is 9.47 Å². The normalized spacial score (nSPS) is 13.7. The Morgan fingerprint density at radius 1 is 1.06 bits per heavy atom. The van der Waals surface area contributed by atoms with Crippen LogP contribution in [0.5, 0.6) is 11.5 Å². The van der Waals surface area contributed by atoms with Crippen LogP contribution in [0.15, 0.2) is 48.5 Å². The fourth-order valence-corrected chi connectivity index (χ4v) is 4.65. The molecule has 0 saturated heterocycles. The van der Waals surface area contributed by atoms with Crippen molar-refractivity contribution in [1.82, 2.24) is 10.2 Å². The van der Waals surface area contributed by atoms with Gasteiger partial charge in [-0.2, -0.15) is 0 Å². The lowest BCUT2D eigenvalue weighted by atomic mass is 10.1. The molecule has 0 aromatic heterocycles. The van der Waals surface area contributed by atoms with Crippen molar-refractivity contribution in [2.75, 3.05) is 23.4 Å². The van der Waals surface area contributed by atoms with E-state index in [1.54, 1.807) is 25.1 Å². The average Bonchev–Trinajstić information content (AvgIpc) is 3.27. The SMILES string of the molecule is CCS(=O)(=O)N(CC(=O)N(Cc1ccccc1)[C@@H](C)C(=O)NC(C)(C)C)c1ccc2c(c1)OCO2. The van der Waals surface area contributed by atoms with Gasteiger partial charge in [0.05, 0.1) is 11.4 Å². The molecule has 0 fully saturated rings. The molecule has 1 N–H and O–H groups in total. The van der Waals surface area contributed by atoms with Crippen molar-refractivity contribution in [3.8, 4) is 11.5 Å². The number of amides is 2. The Hall–Kier alpha value is -3.27. The molecule has 35 heavy (non-hydrogen) atoms. The number of nitrogens with zero attached hydrogens (tertiary/aromatic N) is 2. The molecule has 1 aliphatic heterocycles. The van der Waals surface area contributed by atoms with Gasteiger partial charge in [-0.05, 0) is 52.3 Å². The number of hydrogen-bond acceptors (Lipinski definition) is 6. The fraction of sp³-hybridized carbons (Fsp3) is 0.440. The zero-order valence-electron chi connectivity index (χ0n) is 20.8. The number of rotatable bonds is 9. The van der Waals surface area contributed by atoms with Crippen molar-refractivity contribution in [1.29, 1.82) is 0 Å². The molecule has 1 aliphatic rings. The first-order valence-electron chi connectivity index (χ1n) is 11.5. The van der Waals surface area contributed by atoms with Crippen LogP contribution in [-0.4, -0.2) is 55.8 Å². The van der Waals surface area contributed by atoms with Gasteiger partial charge in [0.1, 0.15) is 12.6 Å². The lowest BCUT2D eigenvalue weighted by molar-refractivity contribution is -0.140. The zero-order chi connectivity index (χ0) is 25.8. The Morgan fingerprint density at radius 2 is 1.71 bits per heavy atom. The zero-order valence-corrected chi connectivity index (χ0v) is 21.6. The first-order valence-corrected chi connectivity index (χ1v) is 13.1. The molecule has 0 bridgehead atoms. The Kier molecular flexibility index (Phi) is 7.94. The number of benzene rings is 2. The summed E-state index contributed by atoms with van der Waals surface area (Å²) in [5, 5.41) is 2.90. The van der Waals surface area contributed by atoms with E-state index in [9.17, 15) is 18.0 Å². The van der Waals surface area contributed by atoms with Gasteiger partial charge in [0.25, 0.3) is 0 Å². The summed E-state index contributed by atoms with van der Waals surface area (Å²) in [7, 11) is -3.82. The molecular formula is C25H33N3O6S. The number of fused-ring (bicyclic) bond motifs is 1. The maximum Gasteiger partial charge on any atom is 0.244 e. The molecule has 2 aromatic carbocycles. The minimum Gasteiger partial charge on any atom is -0.454 e. The number of carbonyl (C=O) groups excluding carboxylic acids is 2. The van der Waals surface area contributed by atoms with E-state index < -0.39 is 34.1 Å². The van der Waals surface area contributed by atoms with Gasteiger partial charge >= 0.3 is 0 Å². The van der Waals surface area contributed by atoms with Gasteiger partial charge in [0.15, 0.2) is 11.5 Å². The highest BCUT2D eigenvalue weighted by atomic mass is 32.2. The van der Waals surface area contributed by atoms with Gasteiger partial charge in [-0.1, -0.05) is 30.3 Å². The Bertz CT molecular complexity index is 1160. The summed E-state index contributed by atoms with van der Waals surface area (Å²) < 4.78 is 37.8. The Balaban J connectivity index is 1.93. The van der Waals surface area contributed by atoms with E-state index in [0.29, 0.717) is 11.5 Å². The van der Waals surface area contributed by atoms with Crippen molar-refractivity contribution in [3.05, 3.63) is 54.1 Å². The van der Waals surface area contributed by atoms with Crippen molar-refractivity contribution >= 4 is 27.5 Å². The third-order valence-corrected chi connectivity index (χ3v) is 7.23. The minimum absolute atomic E-state index is 0.0451. The minimum atomic E-state index is -3.82. The highest BCUT2D eigenvalue weighted by Gasteiger charge is 2.32. The van der Waals surface area contributed by atoms with Crippen molar-refractivity contribution in [3.63, 3.8) is 0 Å². The second-order valence-corrected chi connectivity index (χ2v) is 11.5. The summed E-state index contributed by atoms with van der Waals surface area (Å²) >= 11 is 0. The molecule has 1 heterocycles. The quantitative estimate of drug-likeness (QED) is 0.564. The average molecular weight is 504 g/mol. The number of sulfonamides is 1. The molecule has 2 aromatic rings. The molecule has 3 rings (SSSR count). The molecule has 10 heteroatoms. The fourth-order valence-electron chi connectivity index (χ4n) is 3.60. The van der Waals surface area contributed by atoms with Crippen molar-refractivity contribution in [2.24, 2.45) is 0 Å². The Morgan fingerprint density at radius 3 is 2.34 bits per heavy atom. The van der Waals surface area contributed by atoms with Crippen molar-refractivity contribution in [2.45, 2.75) is 52.7 Å². The summed E-state index contributed by atoms with van der Waals surface area (Å²) in [5.41, 5.74) is 0.622. The first-order chi connectivity index (χ1) is 16.4. The van der Waals surface area contributed by atoms with Crippen LogP contribution in [0.4, 0.5) is 5.69 Å². The van der Waals surface area contributed by atoms with E-state index >= 15 is 0 Å². The van der Waals surface area contributed by atoms with Crippen LogP contribution >= 0.6 is 0 Å². The van der Waals surface area contributed by atoms with E-state index in [1.165, 1.54) is 11.8 Å². The van der Waals surface area contributed by atoms with Gasteiger partial charge in [-0.15, -0.1) is 0 Å². The standard InChI is InChI=1S/C25H33N3O6S/c1-6-35(31,32)28(20-12-13-21-22(14-20)34-17-33-21)16-23(29)27(15-19-10-8-7-9-11-19)18(2)24(30)26-25(3,4)5/h7-14,18H,6,15-17H2,1-5H3,(H,26,30)/t18-/m0/s1. The monoisotopic (exact) mass is 503 g/mol. The summed E-state index contributed by atoms with van der Waals surface area (Å²) in [4.78, 5) is 28.0. The third-order valence-electron chi connectivity index (χ3n) is 5.48. The molecule has 1 atom stereocenters. The molecule has 190 valence electrons. The molecule has 9 nitrogen and oxygen atoms in total. The van der Waals surface area contributed by atoms with Crippen LogP contribution in [-0.2, 0) is 26.2 Å². The predicted molar refractivity (Wildman–Crippen MR) is 134 cm³/mol. The van der Waals surface area contributed by atoms with Gasteiger partial charge in [0, 0.05) is 18.2 Å². The lowest BCUT2D eigenvalue weighted by Gasteiger charge is -2.33. The maximum atomic E-state index is 13.6. The van der Waals surface area contributed by atoms with Gasteiger partial charge in [-0.25, -0.2) is 8.42 Å². The van der Waals surface area contributed by atoms with Gasteiger partial charge in [-0.3, -0.25) is 13.9 Å². The lowest BCUT2D eigenvalue weighted by Crippen LogP contribution is -2.54. The summed E-state index contributed by atoms with van der Waals surface area (Å²) in [6.45, 7) is 8.46. The van der Waals surface area contributed by atoms with Crippen LogP contribution in [0.3, 0.4) is 0 Å². The second kappa shape index (κ2) is 10.6. The molecule has 0 aliphatic carbocycles. The number of ether oxygens (including phenoxy) is 2. The molecule has 2 amide bonds. The molecule has 0 unspecified atom stereocenters. The number of carbonyl (C=O) groups is 2. The molecule has 0 spiro atoms. The van der Waals surface area contributed by atoms with E-state index in [1.807, 2.05) is 51.1 Å². The summed E-state index contributed by atoms with van der Waals surface area (Å²) in [6.07, 6.45) is 0. The molecule has 0 radical (unpaired) electrons. The smallest absolute Gasteiger partial charge is 0.244 e. The summed E-state index contributed by atoms with van der Waals surface area (Å²) in [6, 6.07) is 13.2. The van der Waals surface area contributed by atoms with Crippen molar-refractivity contribution < 1.29 is 27.5 Å². The van der Waals surface area contributed by atoms with E-state index in [-0.39, 0.29) is 30.7 Å².